The smallest absolute Gasteiger partial charge is 0.0844 e. The lowest BCUT2D eigenvalue weighted by molar-refractivity contribution is 0.160. The lowest BCUT2D eigenvalue weighted by Gasteiger charge is -1.99. The Morgan fingerprint density at radius 1 is 1.73 bits per heavy atom. The van der Waals surface area contributed by atoms with E-state index in [4.69, 9.17) is 5.84 Å². The van der Waals surface area contributed by atoms with Crippen LogP contribution in [-0.2, 0) is 0 Å². The first-order valence-corrected chi connectivity index (χ1v) is 3.63. The Morgan fingerprint density at radius 3 is 2.82 bits per heavy atom. The van der Waals surface area contributed by atoms with E-state index < -0.39 is 5.60 Å². The Balaban J connectivity index is 2.26. The van der Waals surface area contributed by atoms with Crippen LogP contribution in [0.25, 0.3) is 0 Å². The Bertz CT molecular complexity index is 194. The number of hydrazone groups is 1. The van der Waals surface area contributed by atoms with Crippen molar-refractivity contribution in [3.05, 3.63) is 0 Å². The van der Waals surface area contributed by atoms with E-state index in [2.05, 4.69) is 10.1 Å². The van der Waals surface area contributed by atoms with Gasteiger partial charge in [-0.2, -0.15) is 5.10 Å². The van der Waals surface area contributed by atoms with E-state index in [1.807, 2.05) is 0 Å². The highest BCUT2D eigenvalue weighted by molar-refractivity contribution is 6.29. The number of hydrogen-bond acceptors (Lipinski definition) is 4. The van der Waals surface area contributed by atoms with Gasteiger partial charge in [-0.05, 0) is 19.8 Å². The van der Waals surface area contributed by atoms with E-state index in [1.54, 1.807) is 13.1 Å². The van der Waals surface area contributed by atoms with Crippen molar-refractivity contribution >= 4 is 11.9 Å². The largest absolute Gasteiger partial charge is 0.388 e. The molecule has 0 bridgehead atoms. The van der Waals surface area contributed by atoms with Crippen molar-refractivity contribution in [2.45, 2.75) is 25.4 Å². The van der Waals surface area contributed by atoms with Crippen LogP contribution >= 0.6 is 0 Å². The maximum atomic E-state index is 9.33. The van der Waals surface area contributed by atoms with Crippen LogP contribution in [0.4, 0.5) is 0 Å². The molecule has 0 aromatic heterocycles. The van der Waals surface area contributed by atoms with Gasteiger partial charge in [-0.1, -0.05) is 0 Å². The van der Waals surface area contributed by atoms with Crippen LogP contribution in [0.5, 0.6) is 0 Å². The van der Waals surface area contributed by atoms with E-state index in [1.165, 1.54) is 0 Å². The standard InChI is InChI=1S/C7H13N3O/c1-6(10-8)4-9-5-7(11)2-3-7/h4,11H,2-3,5,8H2,1H3. The molecule has 0 heterocycles. The molecule has 1 fully saturated rings. The zero-order chi connectivity index (χ0) is 8.32. The second kappa shape index (κ2) is 3.00. The van der Waals surface area contributed by atoms with E-state index in [-0.39, 0.29) is 0 Å². The quantitative estimate of drug-likeness (QED) is 0.340. The Hall–Kier alpha value is -0.900. The molecular weight excluding hydrogens is 142 g/mol. The molecule has 11 heavy (non-hydrogen) atoms. The van der Waals surface area contributed by atoms with Crippen LogP contribution in [0.15, 0.2) is 10.1 Å². The minimum atomic E-state index is -0.509. The van der Waals surface area contributed by atoms with Crippen LogP contribution in [0.3, 0.4) is 0 Å². The van der Waals surface area contributed by atoms with Crippen LogP contribution in [0.2, 0.25) is 0 Å². The molecule has 1 aliphatic rings. The van der Waals surface area contributed by atoms with E-state index in [9.17, 15) is 5.11 Å². The molecule has 4 heteroatoms. The topological polar surface area (TPSA) is 71.0 Å². The summed E-state index contributed by atoms with van der Waals surface area (Å²) in [6, 6.07) is 0. The summed E-state index contributed by atoms with van der Waals surface area (Å²) in [4.78, 5) is 3.99. The summed E-state index contributed by atoms with van der Waals surface area (Å²) in [6.07, 6.45) is 3.31. The maximum absolute atomic E-state index is 9.33. The van der Waals surface area contributed by atoms with Gasteiger partial charge in [0.25, 0.3) is 0 Å². The normalized spacial score (nSPS) is 22.5. The number of aliphatic imine (C=N–C) groups is 1. The number of nitrogens with two attached hydrogens (primary N) is 1. The molecule has 0 saturated heterocycles. The van der Waals surface area contributed by atoms with Crippen LogP contribution < -0.4 is 5.84 Å². The van der Waals surface area contributed by atoms with Crippen molar-refractivity contribution in [2.24, 2.45) is 15.9 Å². The van der Waals surface area contributed by atoms with Crippen molar-refractivity contribution in [1.82, 2.24) is 0 Å². The first-order valence-electron chi connectivity index (χ1n) is 3.63. The summed E-state index contributed by atoms with van der Waals surface area (Å²) in [7, 11) is 0. The highest BCUT2D eigenvalue weighted by atomic mass is 16.3. The molecule has 0 aromatic carbocycles. The summed E-state index contributed by atoms with van der Waals surface area (Å²) in [5.74, 6) is 4.97. The van der Waals surface area contributed by atoms with Crippen molar-refractivity contribution in [2.75, 3.05) is 6.54 Å². The molecule has 1 rings (SSSR count). The molecule has 0 amide bonds. The van der Waals surface area contributed by atoms with Gasteiger partial charge in [0.05, 0.1) is 17.9 Å². The van der Waals surface area contributed by atoms with Crippen LogP contribution in [-0.4, -0.2) is 29.2 Å². The Kier molecular flexibility index (Phi) is 2.24. The minimum Gasteiger partial charge on any atom is -0.388 e. The highest BCUT2D eigenvalue weighted by Gasteiger charge is 2.39. The Labute approximate surface area is 65.8 Å². The maximum Gasteiger partial charge on any atom is 0.0844 e. The second-order valence-electron chi connectivity index (χ2n) is 2.96. The molecule has 0 unspecified atom stereocenters. The van der Waals surface area contributed by atoms with Gasteiger partial charge in [-0.25, -0.2) is 0 Å². The third-order valence-electron chi connectivity index (χ3n) is 1.69. The zero-order valence-corrected chi connectivity index (χ0v) is 6.62. The minimum absolute atomic E-state index is 0.472. The van der Waals surface area contributed by atoms with Crippen molar-refractivity contribution < 1.29 is 5.11 Å². The average Bonchev–Trinajstić information content (AvgIpc) is 2.68. The third-order valence-corrected chi connectivity index (χ3v) is 1.69. The molecule has 0 radical (unpaired) electrons. The molecule has 0 spiro atoms. The van der Waals surface area contributed by atoms with Gasteiger partial charge < -0.3 is 10.9 Å². The molecule has 62 valence electrons. The van der Waals surface area contributed by atoms with Crippen molar-refractivity contribution in [3.8, 4) is 0 Å². The van der Waals surface area contributed by atoms with E-state index >= 15 is 0 Å². The molecule has 4 nitrogen and oxygen atoms in total. The summed E-state index contributed by atoms with van der Waals surface area (Å²) in [6.45, 7) is 2.24. The summed E-state index contributed by atoms with van der Waals surface area (Å²) in [5, 5.41) is 12.7. The predicted molar refractivity (Wildman–Crippen MR) is 44.8 cm³/mol. The third kappa shape index (κ3) is 2.67. The highest BCUT2D eigenvalue weighted by Crippen LogP contribution is 2.34. The fourth-order valence-electron chi connectivity index (χ4n) is 0.683. The summed E-state index contributed by atoms with van der Waals surface area (Å²) < 4.78 is 0. The SMILES string of the molecule is CC(C=NCC1(O)CC1)=NN. The number of aliphatic hydroxyl groups is 1. The predicted octanol–water partition coefficient (Wildman–Crippen LogP) is -0.0833. The van der Waals surface area contributed by atoms with Gasteiger partial charge in [0.15, 0.2) is 0 Å². The lowest BCUT2D eigenvalue weighted by Crippen LogP contribution is -2.11. The summed E-state index contributed by atoms with van der Waals surface area (Å²) in [5.41, 5.74) is 0.167. The van der Waals surface area contributed by atoms with Gasteiger partial charge in [-0.3, -0.25) is 4.99 Å². The molecule has 0 aliphatic heterocycles. The lowest BCUT2D eigenvalue weighted by atomic mass is 10.3. The number of rotatable bonds is 3. The van der Waals surface area contributed by atoms with Gasteiger partial charge >= 0.3 is 0 Å². The Morgan fingerprint density at radius 2 is 2.36 bits per heavy atom. The number of hydrogen-bond donors (Lipinski definition) is 2. The molecular formula is C7H13N3O. The van der Waals surface area contributed by atoms with Crippen LogP contribution in [0, 0.1) is 0 Å². The molecule has 0 aromatic rings. The van der Waals surface area contributed by atoms with Crippen LogP contribution in [0.1, 0.15) is 19.8 Å². The van der Waals surface area contributed by atoms with Gasteiger partial charge in [0.1, 0.15) is 0 Å². The fraction of sp³-hybridized carbons (Fsp3) is 0.714. The van der Waals surface area contributed by atoms with E-state index in [0.29, 0.717) is 12.3 Å². The van der Waals surface area contributed by atoms with Crippen molar-refractivity contribution in [1.29, 1.82) is 0 Å². The van der Waals surface area contributed by atoms with Gasteiger partial charge in [-0.15, -0.1) is 0 Å². The molecule has 1 saturated carbocycles. The number of nitrogens with zero attached hydrogens (tertiary/aromatic N) is 2. The average molecular weight is 155 g/mol. The zero-order valence-electron chi connectivity index (χ0n) is 6.62. The monoisotopic (exact) mass is 155 g/mol. The molecule has 3 N–H and O–H groups in total. The first kappa shape index (κ1) is 8.20. The molecule has 0 atom stereocenters. The van der Waals surface area contributed by atoms with Gasteiger partial charge in [0, 0.05) is 6.21 Å². The van der Waals surface area contributed by atoms with Crippen molar-refractivity contribution in [3.63, 3.8) is 0 Å². The summed E-state index contributed by atoms with van der Waals surface area (Å²) >= 11 is 0. The first-order chi connectivity index (χ1) is 5.16. The molecule has 1 aliphatic carbocycles. The fourth-order valence-corrected chi connectivity index (χ4v) is 0.683. The second-order valence-corrected chi connectivity index (χ2v) is 2.96. The van der Waals surface area contributed by atoms with Gasteiger partial charge in [0.2, 0.25) is 0 Å². The van der Waals surface area contributed by atoms with E-state index in [0.717, 1.165) is 12.8 Å².